The fourth-order valence-corrected chi connectivity index (χ4v) is 2.42. The van der Waals surface area contributed by atoms with Crippen molar-refractivity contribution >= 4 is 21.8 Å². The molecule has 0 spiro atoms. The zero-order valence-corrected chi connectivity index (χ0v) is 14.9. The molecule has 2 aromatic rings. The maximum Gasteiger partial charge on any atom is 0.244 e. The fourth-order valence-electron chi connectivity index (χ4n) is 2.15. The van der Waals surface area contributed by atoms with E-state index in [4.69, 9.17) is 10.5 Å². The third-order valence-electron chi connectivity index (χ3n) is 3.65. The van der Waals surface area contributed by atoms with Crippen LogP contribution in [0.3, 0.4) is 0 Å². The molecule has 0 radical (unpaired) electrons. The predicted molar refractivity (Wildman–Crippen MR) is 95.4 cm³/mol. The molecular weight excluding hydrogens is 356 g/mol. The second-order valence-electron chi connectivity index (χ2n) is 5.58. The monoisotopic (exact) mass is 376 g/mol. The Morgan fingerprint density at radius 3 is 2.52 bits per heavy atom. The van der Waals surface area contributed by atoms with Gasteiger partial charge in [-0.15, -0.1) is 0 Å². The van der Waals surface area contributed by atoms with Crippen LogP contribution in [0.25, 0.3) is 0 Å². The summed E-state index contributed by atoms with van der Waals surface area (Å²) in [4.78, 5) is 12.3. The van der Waals surface area contributed by atoms with Crippen molar-refractivity contribution in [3.63, 3.8) is 0 Å². The van der Waals surface area contributed by atoms with Crippen LogP contribution >= 0.6 is 15.9 Å². The molecule has 3 N–H and O–H groups in total. The standard InChI is InChI=1S/C18H21BrN2O2/c1-13-5-3-4-6-16(13)23-12-11-21-17(22)18(2,20)14-7-9-15(19)10-8-14/h3-10H,11-12,20H2,1-2H3,(H,21,22). The van der Waals surface area contributed by atoms with Crippen molar-refractivity contribution < 1.29 is 9.53 Å². The number of amides is 1. The smallest absolute Gasteiger partial charge is 0.244 e. The van der Waals surface area contributed by atoms with Crippen molar-refractivity contribution in [2.75, 3.05) is 13.2 Å². The maximum atomic E-state index is 12.3. The molecule has 2 aromatic carbocycles. The fraction of sp³-hybridized carbons (Fsp3) is 0.278. The molecule has 0 aliphatic rings. The Balaban J connectivity index is 1.86. The van der Waals surface area contributed by atoms with Gasteiger partial charge in [0, 0.05) is 4.47 Å². The zero-order valence-electron chi connectivity index (χ0n) is 13.3. The molecule has 0 saturated heterocycles. The van der Waals surface area contributed by atoms with Crippen LogP contribution in [0.5, 0.6) is 5.75 Å². The van der Waals surface area contributed by atoms with Gasteiger partial charge in [-0.25, -0.2) is 0 Å². The van der Waals surface area contributed by atoms with Crippen LogP contribution in [-0.4, -0.2) is 19.1 Å². The summed E-state index contributed by atoms with van der Waals surface area (Å²) in [6, 6.07) is 15.2. The maximum absolute atomic E-state index is 12.3. The Labute approximate surface area is 145 Å². The number of nitrogens with one attached hydrogen (secondary N) is 1. The van der Waals surface area contributed by atoms with Gasteiger partial charge in [-0.2, -0.15) is 0 Å². The minimum absolute atomic E-state index is 0.229. The third-order valence-corrected chi connectivity index (χ3v) is 4.18. The molecule has 0 fully saturated rings. The van der Waals surface area contributed by atoms with E-state index in [1.165, 1.54) is 0 Å². The number of ether oxygens (including phenoxy) is 1. The van der Waals surface area contributed by atoms with E-state index in [1.54, 1.807) is 6.92 Å². The number of rotatable bonds is 6. The van der Waals surface area contributed by atoms with Gasteiger partial charge in [0.15, 0.2) is 0 Å². The number of carbonyl (C=O) groups excluding carboxylic acids is 1. The molecule has 1 atom stereocenters. The Bertz CT molecular complexity index is 669. The molecule has 0 aliphatic carbocycles. The second-order valence-corrected chi connectivity index (χ2v) is 6.49. The molecule has 122 valence electrons. The van der Waals surface area contributed by atoms with E-state index in [9.17, 15) is 4.79 Å². The van der Waals surface area contributed by atoms with Crippen molar-refractivity contribution in [3.8, 4) is 5.75 Å². The van der Waals surface area contributed by atoms with Crippen LogP contribution in [0.15, 0.2) is 53.0 Å². The normalized spacial score (nSPS) is 13.2. The zero-order chi connectivity index (χ0) is 16.9. The highest BCUT2D eigenvalue weighted by molar-refractivity contribution is 9.10. The SMILES string of the molecule is Cc1ccccc1OCCNC(=O)C(C)(N)c1ccc(Br)cc1. The number of carbonyl (C=O) groups is 1. The molecule has 0 bridgehead atoms. The summed E-state index contributed by atoms with van der Waals surface area (Å²) >= 11 is 3.37. The molecule has 0 aliphatic heterocycles. The lowest BCUT2D eigenvalue weighted by molar-refractivity contribution is -0.126. The lowest BCUT2D eigenvalue weighted by Crippen LogP contribution is -2.49. The number of nitrogens with two attached hydrogens (primary N) is 1. The van der Waals surface area contributed by atoms with E-state index < -0.39 is 5.54 Å². The van der Waals surface area contributed by atoms with Crippen molar-refractivity contribution in [2.24, 2.45) is 5.73 Å². The van der Waals surface area contributed by atoms with Crippen LogP contribution in [0.2, 0.25) is 0 Å². The number of hydrogen-bond donors (Lipinski definition) is 2. The van der Waals surface area contributed by atoms with Gasteiger partial charge in [0.05, 0.1) is 6.54 Å². The van der Waals surface area contributed by atoms with Gasteiger partial charge in [-0.05, 0) is 43.2 Å². The van der Waals surface area contributed by atoms with Gasteiger partial charge >= 0.3 is 0 Å². The average molecular weight is 377 g/mol. The summed E-state index contributed by atoms with van der Waals surface area (Å²) in [6.45, 7) is 4.48. The van der Waals surface area contributed by atoms with Crippen LogP contribution in [0.4, 0.5) is 0 Å². The molecule has 23 heavy (non-hydrogen) atoms. The van der Waals surface area contributed by atoms with Gasteiger partial charge < -0.3 is 15.8 Å². The van der Waals surface area contributed by atoms with Crippen molar-refractivity contribution in [2.45, 2.75) is 19.4 Å². The number of benzene rings is 2. The van der Waals surface area contributed by atoms with E-state index in [-0.39, 0.29) is 5.91 Å². The van der Waals surface area contributed by atoms with Crippen LogP contribution < -0.4 is 15.8 Å². The number of aryl methyl sites for hydroxylation is 1. The number of para-hydroxylation sites is 1. The Morgan fingerprint density at radius 1 is 1.22 bits per heavy atom. The summed E-state index contributed by atoms with van der Waals surface area (Å²) in [7, 11) is 0. The summed E-state index contributed by atoms with van der Waals surface area (Å²) in [6.07, 6.45) is 0. The largest absolute Gasteiger partial charge is 0.491 e. The lowest BCUT2D eigenvalue weighted by atomic mass is 9.92. The first-order chi connectivity index (χ1) is 10.9. The topological polar surface area (TPSA) is 64.3 Å². The van der Waals surface area contributed by atoms with Crippen molar-refractivity contribution in [1.82, 2.24) is 5.32 Å². The van der Waals surface area contributed by atoms with E-state index in [0.29, 0.717) is 13.2 Å². The van der Waals surface area contributed by atoms with Gasteiger partial charge in [0.2, 0.25) is 5.91 Å². The second kappa shape index (κ2) is 7.62. The summed E-state index contributed by atoms with van der Waals surface area (Å²) in [5, 5.41) is 2.83. The van der Waals surface area contributed by atoms with E-state index in [0.717, 1.165) is 21.3 Å². The van der Waals surface area contributed by atoms with Crippen LogP contribution in [0.1, 0.15) is 18.1 Å². The van der Waals surface area contributed by atoms with E-state index in [2.05, 4.69) is 21.2 Å². The van der Waals surface area contributed by atoms with Gasteiger partial charge in [0.25, 0.3) is 0 Å². The third kappa shape index (κ3) is 4.56. The highest BCUT2D eigenvalue weighted by Crippen LogP contribution is 2.20. The lowest BCUT2D eigenvalue weighted by Gasteiger charge is -2.24. The molecule has 1 unspecified atom stereocenters. The molecule has 2 rings (SSSR count). The first-order valence-corrected chi connectivity index (χ1v) is 8.22. The molecule has 1 amide bonds. The summed E-state index contributed by atoms with van der Waals surface area (Å²) in [5.41, 5.74) is 6.93. The molecule has 0 heterocycles. The quantitative estimate of drug-likeness (QED) is 0.761. The van der Waals surface area contributed by atoms with E-state index in [1.807, 2.05) is 55.5 Å². The minimum Gasteiger partial charge on any atom is -0.491 e. The van der Waals surface area contributed by atoms with Crippen LogP contribution in [-0.2, 0) is 10.3 Å². The van der Waals surface area contributed by atoms with Crippen molar-refractivity contribution in [3.05, 3.63) is 64.1 Å². The van der Waals surface area contributed by atoms with E-state index >= 15 is 0 Å². The van der Waals surface area contributed by atoms with Gasteiger partial charge in [0.1, 0.15) is 17.9 Å². The molecule has 0 aromatic heterocycles. The highest BCUT2D eigenvalue weighted by Gasteiger charge is 2.30. The summed E-state index contributed by atoms with van der Waals surface area (Å²) in [5.74, 6) is 0.596. The first kappa shape index (κ1) is 17.5. The first-order valence-electron chi connectivity index (χ1n) is 7.43. The van der Waals surface area contributed by atoms with Crippen LogP contribution in [0, 0.1) is 6.92 Å². The average Bonchev–Trinajstić information content (AvgIpc) is 2.53. The molecule has 5 heteroatoms. The number of halogens is 1. The molecular formula is C18H21BrN2O2. The summed E-state index contributed by atoms with van der Waals surface area (Å²) < 4.78 is 6.61. The minimum atomic E-state index is -1.08. The highest BCUT2D eigenvalue weighted by atomic mass is 79.9. The predicted octanol–water partition coefficient (Wildman–Crippen LogP) is 3.13. The molecule has 0 saturated carbocycles. The number of hydrogen-bond acceptors (Lipinski definition) is 3. The van der Waals surface area contributed by atoms with Crippen molar-refractivity contribution in [1.29, 1.82) is 0 Å². The Hall–Kier alpha value is -1.85. The Kier molecular flexibility index (Phi) is 5.80. The molecule has 4 nitrogen and oxygen atoms in total. The van der Waals surface area contributed by atoms with Gasteiger partial charge in [-0.1, -0.05) is 46.3 Å². The Morgan fingerprint density at radius 2 is 1.87 bits per heavy atom. The van der Waals surface area contributed by atoms with Gasteiger partial charge in [-0.3, -0.25) is 4.79 Å².